The van der Waals surface area contributed by atoms with E-state index in [1.165, 1.54) is 43.5 Å². The Bertz CT molecular complexity index is 388. The van der Waals surface area contributed by atoms with E-state index >= 15 is 0 Å². The first kappa shape index (κ1) is 15.1. The van der Waals surface area contributed by atoms with Gasteiger partial charge in [0.25, 0.3) is 0 Å². The van der Waals surface area contributed by atoms with E-state index < -0.39 is 0 Å². The number of rotatable bonds is 5. The molecular formula is C17H29NS. The van der Waals surface area contributed by atoms with Gasteiger partial charge in [-0.25, -0.2) is 0 Å². The van der Waals surface area contributed by atoms with Crippen molar-refractivity contribution in [3.63, 3.8) is 0 Å². The zero-order valence-electron chi connectivity index (χ0n) is 13.0. The van der Waals surface area contributed by atoms with Gasteiger partial charge in [-0.05, 0) is 77.0 Å². The number of hydrogen-bond donors (Lipinski definition) is 1. The van der Waals surface area contributed by atoms with E-state index in [0.29, 0.717) is 0 Å². The van der Waals surface area contributed by atoms with Gasteiger partial charge in [-0.15, -0.1) is 11.3 Å². The minimum Gasteiger partial charge on any atom is -0.312 e. The van der Waals surface area contributed by atoms with Gasteiger partial charge in [0.05, 0.1) is 0 Å². The van der Waals surface area contributed by atoms with Crippen molar-refractivity contribution in [2.24, 2.45) is 11.8 Å². The molecule has 1 heterocycles. The van der Waals surface area contributed by atoms with Crippen molar-refractivity contribution >= 4 is 11.3 Å². The van der Waals surface area contributed by atoms with Crippen molar-refractivity contribution in [2.75, 3.05) is 6.54 Å². The second-order valence-electron chi connectivity index (χ2n) is 7.01. The van der Waals surface area contributed by atoms with Crippen LogP contribution in [0.5, 0.6) is 0 Å². The van der Waals surface area contributed by atoms with Gasteiger partial charge in [-0.3, -0.25) is 0 Å². The molecule has 0 aromatic carbocycles. The van der Waals surface area contributed by atoms with Crippen LogP contribution >= 0.6 is 11.3 Å². The summed E-state index contributed by atoms with van der Waals surface area (Å²) in [6.07, 6.45) is 6.76. The number of thiophene rings is 1. The predicted octanol–water partition coefficient (Wildman–Crippen LogP) is 4.66. The number of hydrogen-bond acceptors (Lipinski definition) is 2. The maximum atomic E-state index is 3.70. The molecule has 1 aromatic heterocycles. The SMILES string of the molecule is CCc1ccc(CC2CCCC2CNC(C)(C)C)s1. The van der Waals surface area contributed by atoms with Gasteiger partial charge in [-0.1, -0.05) is 13.3 Å². The van der Waals surface area contributed by atoms with Crippen molar-refractivity contribution in [3.05, 3.63) is 21.9 Å². The van der Waals surface area contributed by atoms with Gasteiger partial charge in [-0.2, -0.15) is 0 Å². The van der Waals surface area contributed by atoms with Gasteiger partial charge in [0, 0.05) is 15.3 Å². The molecule has 1 aliphatic rings. The molecule has 0 aliphatic heterocycles. The molecule has 2 atom stereocenters. The fourth-order valence-electron chi connectivity index (χ4n) is 3.07. The zero-order valence-corrected chi connectivity index (χ0v) is 13.8. The molecule has 108 valence electrons. The van der Waals surface area contributed by atoms with Crippen molar-refractivity contribution in [2.45, 2.75) is 65.3 Å². The third-order valence-corrected chi connectivity index (χ3v) is 5.49. The fraction of sp³-hybridized carbons (Fsp3) is 0.765. The number of nitrogens with one attached hydrogen (secondary N) is 1. The fourth-order valence-corrected chi connectivity index (χ4v) is 4.12. The van der Waals surface area contributed by atoms with Crippen LogP contribution in [0, 0.1) is 11.8 Å². The first-order valence-corrected chi connectivity index (χ1v) is 8.62. The van der Waals surface area contributed by atoms with E-state index in [4.69, 9.17) is 0 Å². The summed E-state index contributed by atoms with van der Waals surface area (Å²) >= 11 is 2.02. The molecule has 1 N–H and O–H groups in total. The second kappa shape index (κ2) is 6.41. The third-order valence-electron chi connectivity index (χ3n) is 4.24. The predicted molar refractivity (Wildman–Crippen MR) is 86.0 cm³/mol. The summed E-state index contributed by atoms with van der Waals surface area (Å²) in [7, 11) is 0. The van der Waals surface area contributed by atoms with Crippen molar-refractivity contribution < 1.29 is 0 Å². The summed E-state index contributed by atoms with van der Waals surface area (Å²) in [6.45, 7) is 10.2. The summed E-state index contributed by atoms with van der Waals surface area (Å²) in [5.74, 6) is 1.78. The summed E-state index contributed by atoms with van der Waals surface area (Å²) in [5, 5.41) is 3.70. The molecule has 0 spiro atoms. The van der Waals surface area contributed by atoms with Gasteiger partial charge >= 0.3 is 0 Å². The van der Waals surface area contributed by atoms with E-state index in [9.17, 15) is 0 Å². The van der Waals surface area contributed by atoms with Gasteiger partial charge in [0.2, 0.25) is 0 Å². The molecule has 2 heteroatoms. The third kappa shape index (κ3) is 4.61. The Hall–Kier alpha value is -0.340. The maximum Gasteiger partial charge on any atom is 0.00966 e. The van der Waals surface area contributed by atoms with Crippen LogP contribution < -0.4 is 5.32 Å². The van der Waals surface area contributed by atoms with Gasteiger partial charge in [0.15, 0.2) is 0 Å². The Morgan fingerprint density at radius 3 is 2.47 bits per heavy atom. The normalized spacial score (nSPS) is 24.0. The first-order chi connectivity index (χ1) is 8.98. The van der Waals surface area contributed by atoms with E-state index in [2.05, 4.69) is 45.1 Å². The molecule has 0 bridgehead atoms. The van der Waals surface area contributed by atoms with Crippen LogP contribution in [0.4, 0.5) is 0 Å². The lowest BCUT2D eigenvalue weighted by molar-refractivity contribution is 0.318. The van der Waals surface area contributed by atoms with Crippen LogP contribution in [0.1, 0.15) is 56.7 Å². The summed E-state index contributed by atoms with van der Waals surface area (Å²) in [5.41, 5.74) is 0.255. The minimum absolute atomic E-state index is 0.255. The molecule has 0 amide bonds. The Labute approximate surface area is 122 Å². The van der Waals surface area contributed by atoms with Crippen molar-refractivity contribution in [1.82, 2.24) is 5.32 Å². The molecule has 0 radical (unpaired) electrons. The highest BCUT2D eigenvalue weighted by atomic mass is 32.1. The monoisotopic (exact) mass is 279 g/mol. The molecule has 1 fully saturated rings. The molecule has 19 heavy (non-hydrogen) atoms. The highest BCUT2D eigenvalue weighted by Gasteiger charge is 2.28. The van der Waals surface area contributed by atoms with E-state index in [1.54, 1.807) is 4.88 Å². The lowest BCUT2D eigenvalue weighted by atomic mass is 9.91. The van der Waals surface area contributed by atoms with E-state index in [1.807, 2.05) is 11.3 Å². The molecule has 1 aliphatic carbocycles. The average molecular weight is 279 g/mol. The van der Waals surface area contributed by atoms with Crippen LogP contribution in [0.25, 0.3) is 0 Å². The molecule has 0 saturated heterocycles. The van der Waals surface area contributed by atoms with E-state index in [0.717, 1.165) is 11.8 Å². The lowest BCUT2D eigenvalue weighted by Crippen LogP contribution is -2.40. The Morgan fingerprint density at radius 2 is 1.84 bits per heavy atom. The molecule has 2 rings (SSSR count). The average Bonchev–Trinajstić information content (AvgIpc) is 2.95. The minimum atomic E-state index is 0.255. The maximum absolute atomic E-state index is 3.70. The molecule has 1 aromatic rings. The summed E-state index contributed by atoms with van der Waals surface area (Å²) in [6, 6.07) is 4.67. The summed E-state index contributed by atoms with van der Waals surface area (Å²) < 4.78 is 0. The highest BCUT2D eigenvalue weighted by molar-refractivity contribution is 7.11. The van der Waals surface area contributed by atoms with E-state index in [-0.39, 0.29) is 5.54 Å². The van der Waals surface area contributed by atoms with Gasteiger partial charge in [0.1, 0.15) is 0 Å². The largest absolute Gasteiger partial charge is 0.312 e. The molecule has 1 saturated carbocycles. The Balaban J connectivity index is 1.88. The molecular weight excluding hydrogens is 250 g/mol. The van der Waals surface area contributed by atoms with Gasteiger partial charge < -0.3 is 5.32 Å². The smallest absolute Gasteiger partial charge is 0.00966 e. The highest BCUT2D eigenvalue weighted by Crippen LogP contribution is 2.35. The van der Waals surface area contributed by atoms with Crippen molar-refractivity contribution in [3.8, 4) is 0 Å². The quantitative estimate of drug-likeness (QED) is 0.826. The second-order valence-corrected chi connectivity index (χ2v) is 8.26. The molecule has 1 nitrogen and oxygen atoms in total. The molecule has 2 unspecified atom stereocenters. The Kier molecular flexibility index (Phi) is 5.08. The van der Waals surface area contributed by atoms with Crippen LogP contribution in [0.15, 0.2) is 12.1 Å². The number of aryl methyl sites for hydroxylation is 1. The summed E-state index contributed by atoms with van der Waals surface area (Å²) in [4.78, 5) is 3.14. The van der Waals surface area contributed by atoms with Crippen LogP contribution in [-0.4, -0.2) is 12.1 Å². The Morgan fingerprint density at radius 1 is 1.16 bits per heavy atom. The van der Waals surface area contributed by atoms with Crippen LogP contribution in [0.2, 0.25) is 0 Å². The zero-order chi connectivity index (χ0) is 13.9. The van der Waals surface area contributed by atoms with Crippen molar-refractivity contribution in [1.29, 1.82) is 0 Å². The van der Waals surface area contributed by atoms with Crippen LogP contribution in [0.3, 0.4) is 0 Å². The topological polar surface area (TPSA) is 12.0 Å². The first-order valence-electron chi connectivity index (χ1n) is 7.80. The standard InChI is InChI=1S/C17H29NS/c1-5-15-9-10-16(19-15)11-13-7-6-8-14(13)12-18-17(2,3)4/h9-10,13-14,18H,5-8,11-12H2,1-4H3. The van der Waals surface area contributed by atoms with Crippen LogP contribution in [-0.2, 0) is 12.8 Å². The lowest BCUT2D eigenvalue weighted by Gasteiger charge is -2.26.